The molecular weight excluding hydrogens is 296 g/mol. The van der Waals surface area contributed by atoms with Gasteiger partial charge in [0.1, 0.15) is 11.6 Å². The minimum Gasteiger partial charge on any atom is -0.495 e. The number of ether oxygens (including phenoxy) is 1. The van der Waals surface area contributed by atoms with Crippen molar-refractivity contribution < 1.29 is 4.74 Å². The first-order valence-corrected chi connectivity index (χ1v) is 7.42. The summed E-state index contributed by atoms with van der Waals surface area (Å²) in [6, 6.07) is 9.14. The summed E-state index contributed by atoms with van der Waals surface area (Å²) in [5, 5.41) is 6.41. The van der Waals surface area contributed by atoms with Crippen molar-refractivity contribution in [3.05, 3.63) is 51.2 Å². The maximum Gasteiger partial charge on any atom is 0.332 e. The second-order valence-electron chi connectivity index (χ2n) is 5.18. The molecule has 0 aliphatic carbocycles. The first kappa shape index (κ1) is 16.7. The standard InChI is InChI=1S/C16H22N4O3/c1-19-14(11-15(21)20(2)16(19)22)18-10-6-9-17-12-7-4-5-8-13(12)23-3/h4-5,7-8,11,17-18H,6,9-10H2,1-3H3. The van der Waals surface area contributed by atoms with E-state index in [1.165, 1.54) is 17.7 Å². The van der Waals surface area contributed by atoms with Crippen LogP contribution in [0, 0.1) is 0 Å². The number of nitrogens with one attached hydrogen (secondary N) is 2. The fraction of sp³-hybridized carbons (Fsp3) is 0.375. The van der Waals surface area contributed by atoms with Crippen molar-refractivity contribution >= 4 is 11.5 Å². The zero-order valence-electron chi connectivity index (χ0n) is 13.6. The number of hydrogen-bond acceptors (Lipinski definition) is 5. The maximum absolute atomic E-state index is 11.8. The number of hydrogen-bond donors (Lipinski definition) is 2. The Labute approximate surface area is 134 Å². The quantitative estimate of drug-likeness (QED) is 0.745. The van der Waals surface area contributed by atoms with E-state index in [4.69, 9.17) is 4.74 Å². The van der Waals surface area contributed by atoms with Crippen LogP contribution in [0.5, 0.6) is 5.75 Å². The Morgan fingerprint density at radius 1 is 1.04 bits per heavy atom. The van der Waals surface area contributed by atoms with Gasteiger partial charge in [-0.05, 0) is 18.6 Å². The summed E-state index contributed by atoms with van der Waals surface area (Å²) in [5.41, 5.74) is 0.283. The van der Waals surface area contributed by atoms with Crippen LogP contribution >= 0.6 is 0 Å². The number of anilines is 2. The minimum atomic E-state index is -0.341. The van der Waals surface area contributed by atoms with Gasteiger partial charge in [0.25, 0.3) is 5.56 Å². The molecule has 0 saturated heterocycles. The predicted octanol–water partition coefficient (Wildman–Crippen LogP) is 1.01. The van der Waals surface area contributed by atoms with E-state index >= 15 is 0 Å². The largest absolute Gasteiger partial charge is 0.495 e. The zero-order chi connectivity index (χ0) is 16.8. The van der Waals surface area contributed by atoms with E-state index in [0.29, 0.717) is 12.4 Å². The van der Waals surface area contributed by atoms with Crippen LogP contribution in [-0.2, 0) is 14.1 Å². The molecular formula is C16H22N4O3. The van der Waals surface area contributed by atoms with Gasteiger partial charge in [-0.3, -0.25) is 13.9 Å². The summed E-state index contributed by atoms with van der Waals surface area (Å²) in [7, 11) is 4.74. The second kappa shape index (κ2) is 7.53. The van der Waals surface area contributed by atoms with Crippen molar-refractivity contribution in [3.8, 4) is 5.75 Å². The number of para-hydroxylation sites is 2. The first-order valence-electron chi connectivity index (χ1n) is 7.42. The van der Waals surface area contributed by atoms with E-state index in [-0.39, 0.29) is 11.2 Å². The average molecular weight is 318 g/mol. The zero-order valence-corrected chi connectivity index (χ0v) is 13.6. The number of rotatable bonds is 7. The van der Waals surface area contributed by atoms with Gasteiger partial charge >= 0.3 is 5.69 Å². The topological polar surface area (TPSA) is 77.3 Å². The molecule has 2 N–H and O–H groups in total. The lowest BCUT2D eigenvalue weighted by molar-refractivity contribution is 0.416. The van der Waals surface area contributed by atoms with Crippen LogP contribution in [0.4, 0.5) is 11.5 Å². The Bertz CT molecular complexity index is 780. The van der Waals surface area contributed by atoms with E-state index in [0.717, 1.165) is 29.0 Å². The third kappa shape index (κ3) is 3.94. The fourth-order valence-corrected chi connectivity index (χ4v) is 2.22. The highest BCUT2D eigenvalue weighted by Gasteiger charge is 2.05. The highest BCUT2D eigenvalue weighted by atomic mass is 16.5. The summed E-state index contributed by atoms with van der Waals surface area (Å²) in [6.45, 7) is 1.38. The lowest BCUT2D eigenvalue weighted by atomic mass is 10.3. The molecule has 0 spiro atoms. The number of benzene rings is 1. The number of nitrogens with zero attached hydrogens (tertiary/aromatic N) is 2. The van der Waals surface area contributed by atoms with Gasteiger partial charge in [0.15, 0.2) is 0 Å². The van der Waals surface area contributed by atoms with Crippen LogP contribution in [0.3, 0.4) is 0 Å². The molecule has 23 heavy (non-hydrogen) atoms. The molecule has 7 nitrogen and oxygen atoms in total. The average Bonchev–Trinajstić information content (AvgIpc) is 2.57. The molecule has 0 radical (unpaired) electrons. The molecule has 1 aromatic carbocycles. The van der Waals surface area contributed by atoms with Gasteiger partial charge < -0.3 is 15.4 Å². The van der Waals surface area contributed by atoms with Gasteiger partial charge in [0.2, 0.25) is 0 Å². The Kier molecular flexibility index (Phi) is 5.46. The highest BCUT2D eigenvalue weighted by molar-refractivity contribution is 5.56. The van der Waals surface area contributed by atoms with Crippen LogP contribution in [0.2, 0.25) is 0 Å². The normalized spacial score (nSPS) is 10.4. The molecule has 0 saturated carbocycles. The molecule has 1 aromatic heterocycles. The molecule has 0 aliphatic heterocycles. The summed E-state index contributed by atoms with van der Waals surface area (Å²) < 4.78 is 7.78. The van der Waals surface area contributed by atoms with Crippen molar-refractivity contribution in [2.75, 3.05) is 30.8 Å². The SMILES string of the molecule is COc1ccccc1NCCCNc1cc(=O)n(C)c(=O)n1C. The van der Waals surface area contributed by atoms with Gasteiger partial charge in [-0.15, -0.1) is 0 Å². The van der Waals surface area contributed by atoms with Crippen molar-refractivity contribution in [2.24, 2.45) is 14.1 Å². The van der Waals surface area contributed by atoms with Crippen LogP contribution in [0.1, 0.15) is 6.42 Å². The van der Waals surface area contributed by atoms with E-state index in [2.05, 4.69) is 10.6 Å². The van der Waals surface area contributed by atoms with Crippen LogP contribution < -0.4 is 26.6 Å². The van der Waals surface area contributed by atoms with Crippen molar-refractivity contribution in [1.82, 2.24) is 9.13 Å². The first-order chi connectivity index (χ1) is 11.0. The maximum atomic E-state index is 11.8. The number of methoxy groups -OCH3 is 1. The van der Waals surface area contributed by atoms with Crippen molar-refractivity contribution in [3.63, 3.8) is 0 Å². The summed E-state index contributed by atoms with van der Waals surface area (Å²) in [6.07, 6.45) is 0.821. The third-order valence-corrected chi connectivity index (χ3v) is 3.61. The molecule has 7 heteroatoms. The molecule has 0 aliphatic rings. The molecule has 0 amide bonds. The molecule has 0 bridgehead atoms. The lowest BCUT2D eigenvalue weighted by Crippen LogP contribution is -2.37. The molecule has 0 unspecified atom stereocenters. The molecule has 2 rings (SSSR count). The van der Waals surface area contributed by atoms with E-state index in [9.17, 15) is 9.59 Å². The van der Waals surface area contributed by atoms with Crippen LogP contribution in [0.25, 0.3) is 0 Å². The van der Waals surface area contributed by atoms with Crippen LogP contribution in [0.15, 0.2) is 39.9 Å². The lowest BCUT2D eigenvalue weighted by Gasteiger charge is -2.13. The molecule has 1 heterocycles. The van der Waals surface area contributed by atoms with Gasteiger partial charge in [-0.2, -0.15) is 0 Å². The van der Waals surface area contributed by atoms with Crippen LogP contribution in [-0.4, -0.2) is 29.3 Å². The Morgan fingerprint density at radius 3 is 2.48 bits per heavy atom. The fourth-order valence-electron chi connectivity index (χ4n) is 2.22. The van der Waals surface area contributed by atoms with Gasteiger partial charge in [-0.1, -0.05) is 12.1 Å². The summed E-state index contributed by atoms with van der Waals surface area (Å²) in [5.74, 6) is 1.32. The molecule has 2 aromatic rings. The summed E-state index contributed by atoms with van der Waals surface area (Å²) >= 11 is 0. The van der Waals surface area contributed by atoms with Crippen molar-refractivity contribution in [1.29, 1.82) is 0 Å². The Hall–Kier alpha value is -2.70. The molecule has 0 atom stereocenters. The van der Waals surface area contributed by atoms with E-state index in [1.807, 2.05) is 24.3 Å². The highest BCUT2D eigenvalue weighted by Crippen LogP contribution is 2.22. The third-order valence-electron chi connectivity index (χ3n) is 3.61. The van der Waals surface area contributed by atoms with E-state index in [1.54, 1.807) is 14.2 Å². The predicted molar refractivity (Wildman–Crippen MR) is 91.5 cm³/mol. The minimum absolute atomic E-state index is 0.317. The molecule has 0 fully saturated rings. The Morgan fingerprint density at radius 2 is 1.74 bits per heavy atom. The second-order valence-corrected chi connectivity index (χ2v) is 5.18. The molecule has 124 valence electrons. The van der Waals surface area contributed by atoms with Gasteiger partial charge in [-0.25, -0.2) is 4.79 Å². The van der Waals surface area contributed by atoms with Gasteiger partial charge in [0.05, 0.1) is 12.8 Å². The van der Waals surface area contributed by atoms with Crippen molar-refractivity contribution in [2.45, 2.75) is 6.42 Å². The monoisotopic (exact) mass is 318 g/mol. The van der Waals surface area contributed by atoms with Gasteiger partial charge in [0, 0.05) is 33.3 Å². The smallest absolute Gasteiger partial charge is 0.332 e. The van der Waals surface area contributed by atoms with E-state index < -0.39 is 0 Å². The Balaban J connectivity index is 1.87. The number of aromatic nitrogens is 2. The summed E-state index contributed by atoms with van der Waals surface area (Å²) in [4.78, 5) is 23.5.